The first-order chi connectivity index (χ1) is 8.24. The lowest BCUT2D eigenvalue weighted by Crippen LogP contribution is -2.38. The highest BCUT2D eigenvalue weighted by Gasteiger charge is 2.21. The molecule has 1 saturated heterocycles. The standard InChI is InChI=1S/C12H16N2O2S/c1-16-10-4-2-3-9(11(10)13)12(15)14-5-7-17-8-6-14/h2-4H,5-8,13H2,1H3. The number of hydrogen-bond donors (Lipinski definition) is 1. The smallest absolute Gasteiger partial charge is 0.256 e. The molecule has 5 heteroatoms. The third kappa shape index (κ3) is 2.49. The molecule has 0 unspecified atom stereocenters. The van der Waals surface area contributed by atoms with Crippen LogP contribution in [-0.2, 0) is 0 Å². The number of hydrogen-bond acceptors (Lipinski definition) is 4. The highest BCUT2D eigenvalue weighted by Crippen LogP contribution is 2.26. The molecular weight excluding hydrogens is 236 g/mol. The molecule has 4 nitrogen and oxygen atoms in total. The highest BCUT2D eigenvalue weighted by molar-refractivity contribution is 7.99. The van der Waals surface area contributed by atoms with Gasteiger partial charge in [-0.25, -0.2) is 0 Å². The highest BCUT2D eigenvalue weighted by atomic mass is 32.2. The number of amides is 1. The Balaban J connectivity index is 2.23. The van der Waals surface area contributed by atoms with E-state index in [4.69, 9.17) is 10.5 Å². The molecule has 1 heterocycles. The van der Waals surface area contributed by atoms with Crippen molar-refractivity contribution < 1.29 is 9.53 Å². The van der Waals surface area contributed by atoms with Crippen LogP contribution >= 0.6 is 11.8 Å². The lowest BCUT2D eigenvalue weighted by Gasteiger charge is -2.27. The van der Waals surface area contributed by atoms with E-state index in [-0.39, 0.29) is 5.91 Å². The minimum Gasteiger partial charge on any atom is -0.495 e. The molecule has 0 bridgehead atoms. The normalized spacial score (nSPS) is 15.7. The number of rotatable bonds is 2. The summed E-state index contributed by atoms with van der Waals surface area (Å²) < 4.78 is 5.12. The second-order valence-corrected chi connectivity index (χ2v) is 5.05. The molecule has 0 spiro atoms. The quantitative estimate of drug-likeness (QED) is 0.810. The Bertz CT molecular complexity index is 417. The Hall–Kier alpha value is -1.36. The van der Waals surface area contributed by atoms with E-state index in [9.17, 15) is 4.79 Å². The van der Waals surface area contributed by atoms with Gasteiger partial charge in [0.1, 0.15) is 5.75 Å². The topological polar surface area (TPSA) is 55.6 Å². The molecule has 17 heavy (non-hydrogen) atoms. The average Bonchev–Trinajstić information content (AvgIpc) is 2.39. The molecule has 1 aliphatic heterocycles. The summed E-state index contributed by atoms with van der Waals surface area (Å²) in [5.41, 5.74) is 6.89. The van der Waals surface area contributed by atoms with E-state index in [1.54, 1.807) is 25.3 Å². The molecule has 1 amide bonds. The monoisotopic (exact) mass is 252 g/mol. The van der Waals surface area contributed by atoms with Crippen LogP contribution < -0.4 is 10.5 Å². The van der Waals surface area contributed by atoms with Crippen LogP contribution in [0.3, 0.4) is 0 Å². The number of thioether (sulfide) groups is 1. The number of methoxy groups -OCH3 is 1. The molecule has 1 fully saturated rings. The van der Waals surface area contributed by atoms with E-state index in [1.807, 2.05) is 16.7 Å². The van der Waals surface area contributed by atoms with Gasteiger partial charge in [0.2, 0.25) is 0 Å². The van der Waals surface area contributed by atoms with Crippen LogP contribution in [0.1, 0.15) is 10.4 Å². The Kier molecular flexibility index (Phi) is 3.78. The van der Waals surface area contributed by atoms with Crippen molar-refractivity contribution >= 4 is 23.4 Å². The number of nitrogens with zero attached hydrogens (tertiary/aromatic N) is 1. The van der Waals surface area contributed by atoms with Gasteiger partial charge >= 0.3 is 0 Å². The second kappa shape index (κ2) is 5.31. The van der Waals surface area contributed by atoms with Crippen LogP contribution in [0.5, 0.6) is 5.75 Å². The molecule has 2 N–H and O–H groups in total. The summed E-state index contributed by atoms with van der Waals surface area (Å²) in [6, 6.07) is 5.31. The molecule has 0 aromatic heterocycles. The summed E-state index contributed by atoms with van der Waals surface area (Å²) in [7, 11) is 1.55. The van der Waals surface area contributed by atoms with Crippen molar-refractivity contribution in [2.75, 3.05) is 37.4 Å². The molecule has 0 atom stereocenters. The van der Waals surface area contributed by atoms with Crippen molar-refractivity contribution in [3.05, 3.63) is 23.8 Å². The van der Waals surface area contributed by atoms with Gasteiger partial charge in [-0.05, 0) is 12.1 Å². The number of benzene rings is 1. The lowest BCUT2D eigenvalue weighted by atomic mass is 10.1. The maximum atomic E-state index is 12.3. The number of ether oxygens (including phenoxy) is 1. The number of para-hydroxylation sites is 1. The van der Waals surface area contributed by atoms with E-state index in [1.165, 1.54) is 0 Å². The van der Waals surface area contributed by atoms with Crippen LogP contribution in [-0.4, -0.2) is 42.5 Å². The summed E-state index contributed by atoms with van der Waals surface area (Å²) >= 11 is 1.87. The maximum absolute atomic E-state index is 12.3. The number of nitrogen functional groups attached to an aromatic ring is 1. The van der Waals surface area contributed by atoms with Crippen LogP contribution in [0.15, 0.2) is 18.2 Å². The third-order valence-corrected chi connectivity index (χ3v) is 3.76. The largest absolute Gasteiger partial charge is 0.495 e. The number of carbonyl (C=O) groups is 1. The minimum atomic E-state index is 0.00157. The van der Waals surface area contributed by atoms with Crippen molar-refractivity contribution in [2.24, 2.45) is 0 Å². The van der Waals surface area contributed by atoms with E-state index >= 15 is 0 Å². The average molecular weight is 252 g/mol. The summed E-state index contributed by atoms with van der Waals surface area (Å²) in [6.45, 7) is 1.58. The second-order valence-electron chi connectivity index (χ2n) is 3.83. The zero-order valence-electron chi connectivity index (χ0n) is 9.81. The van der Waals surface area contributed by atoms with Crippen LogP contribution in [0.25, 0.3) is 0 Å². The molecule has 0 radical (unpaired) electrons. The third-order valence-electron chi connectivity index (χ3n) is 2.81. The predicted molar refractivity (Wildman–Crippen MR) is 70.6 cm³/mol. The Morgan fingerprint density at radius 3 is 2.76 bits per heavy atom. The van der Waals surface area contributed by atoms with Crippen LogP contribution in [0.4, 0.5) is 5.69 Å². The van der Waals surface area contributed by atoms with Gasteiger partial charge in [0.15, 0.2) is 0 Å². The van der Waals surface area contributed by atoms with E-state index in [0.717, 1.165) is 24.6 Å². The maximum Gasteiger partial charge on any atom is 0.256 e. The SMILES string of the molecule is COc1cccc(C(=O)N2CCSCC2)c1N. The molecule has 0 saturated carbocycles. The fraction of sp³-hybridized carbons (Fsp3) is 0.417. The predicted octanol–water partition coefficient (Wildman–Crippen LogP) is 1.47. The summed E-state index contributed by atoms with van der Waals surface area (Å²) in [5, 5.41) is 0. The van der Waals surface area contributed by atoms with Gasteiger partial charge in [0.05, 0.1) is 18.4 Å². The minimum absolute atomic E-state index is 0.00157. The van der Waals surface area contributed by atoms with Crippen LogP contribution in [0.2, 0.25) is 0 Å². The van der Waals surface area contributed by atoms with Gasteiger partial charge in [-0.2, -0.15) is 11.8 Å². The van der Waals surface area contributed by atoms with Crippen molar-refractivity contribution in [3.63, 3.8) is 0 Å². The number of carbonyl (C=O) groups excluding carboxylic acids is 1. The fourth-order valence-electron chi connectivity index (χ4n) is 1.85. The van der Waals surface area contributed by atoms with Crippen molar-refractivity contribution in [1.82, 2.24) is 4.90 Å². The summed E-state index contributed by atoms with van der Waals surface area (Å²) in [4.78, 5) is 14.1. The molecule has 0 aliphatic carbocycles. The molecular formula is C12H16N2O2S. The Labute approximate surface area is 105 Å². The van der Waals surface area contributed by atoms with Gasteiger partial charge in [0.25, 0.3) is 5.91 Å². The first-order valence-corrected chi connectivity index (χ1v) is 6.69. The van der Waals surface area contributed by atoms with Crippen LogP contribution in [0, 0.1) is 0 Å². The van der Waals surface area contributed by atoms with Gasteiger partial charge in [-0.3, -0.25) is 4.79 Å². The Morgan fingerprint density at radius 2 is 2.12 bits per heavy atom. The number of nitrogens with two attached hydrogens (primary N) is 1. The molecule has 1 aromatic carbocycles. The molecule has 2 rings (SSSR count). The van der Waals surface area contributed by atoms with Crippen molar-refractivity contribution in [1.29, 1.82) is 0 Å². The van der Waals surface area contributed by atoms with Gasteiger partial charge in [-0.1, -0.05) is 6.07 Å². The summed E-state index contributed by atoms with van der Waals surface area (Å²) in [6.07, 6.45) is 0. The van der Waals surface area contributed by atoms with Gasteiger partial charge in [-0.15, -0.1) is 0 Å². The van der Waals surface area contributed by atoms with Gasteiger partial charge in [0, 0.05) is 24.6 Å². The zero-order valence-corrected chi connectivity index (χ0v) is 10.6. The van der Waals surface area contributed by atoms with Gasteiger partial charge < -0.3 is 15.4 Å². The lowest BCUT2D eigenvalue weighted by molar-refractivity contribution is 0.0773. The molecule has 1 aromatic rings. The zero-order chi connectivity index (χ0) is 12.3. The van der Waals surface area contributed by atoms with Crippen molar-refractivity contribution in [3.8, 4) is 5.75 Å². The molecule has 1 aliphatic rings. The van der Waals surface area contributed by atoms with E-state index < -0.39 is 0 Å². The Morgan fingerprint density at radius 1 is 1.41 bits per heavy atom. The first kappa shape index (κ1) is 12.1. The molecule has 92 valence electrons. The summed E-state index contributed by atoms with van der Waals surface area (Å²) in [5.74, 6) is 2.55. The van der Waals surface area contributed by atoms with E-state index in [2.05, 4.69) is 0 Å². The number of anilines is 1. The first-order valence-electron chi connectivity index (χ1n) is 5.53. The van der Waals surface area contributed by atoms with Crippen molar-refractivity contribution in [2.45, 2.75) is 0 Å². The van der Waals surface area contributed by atoms with E-state index in [0.29, 0.717) is 17.0 Å². The fourth-order valence-corrected chi connectivity index (χ4v) is 2.75.